The summed E-state index contributed by atoms with van der Waals surface area (Å²) in [5, 5.41) is 3.54. The number of hydrogen-bond acceptors (Lipinski definition) is 2. The fourth-order valence-corrected chi connectivity index (χ4v) is 2.70. The van der Waals surface area contributed by atoms with Gasteiger partial charge in [0.25, 0.3) is 0 Å². The molecule has 0 saturated carbocycles. The Bertz CT molecular complexity index is 375. The van der Waals surface area contributed by atoms with Crippen LogP contribution in [0.5, 0.6) is 0 Å². The molecule has 100 valence electrons. The maximum Gasteiger partial charge on any atom is 0.123 e. The number of nitrogens with one attached hydrogen (secondary N) is 1. The van der Waals surface area contributed by atoms with Crippen molar-refractivity contribution in [2.45, 2.75) is 38.8 Å². The van der Waals surface area contributed by atoms with Gasteiger partial charge in [0.05, 0.1) is 0 Å². The third-order valence-corrected chi connectivity index (χ3v) is 3.61. The second-order valence-electron chi connectivity index (χ2n) is 5.35. The van der Waals surface area contributed by atoms with E-state index in [0.717, 1.165) is 12.1 Å². The van der Waals surface area contributed by atoms with Crippen molar-refractivity contribution in [3.63, 3.8) is 0 Å². The van der Waals surface area contributed by atoms with E-state index in [0.29, 0.717) is 6.04 Å². The molecule has 1 saturated heterocycles. The lowest BCUT2D eigenvalue weighted by atomic mass is 10.1. The summed E-state index contributed by atoms with van der Waals surface area (Å²) in [7, 11) is 0. The largest absolute Gasteiger partial charge is 0.306 e. The van der Waals surface area contributed by atoms with Gasteiger partial charge in [0.2, 0.25) is 0 Å². The van der Waals surface area contributed by atoms with E-state index < -0.39 is 0 Å². The van der Waals surface area contributed by atoms with Crippen molar-refractivity contribution in [1.29, 1.82) is 0 Å². The number of benzene rings is 1. The van der Waals surface area contributed by atoms with Crippen LogP contribution in [0.15, 0.2) is 24.3 Å². The molecule has 2 nitrogen and oxygen atoms in total. The molecule has 2 unspecified atom stereocenters. The van der Waals surface area contributed by atoms with Crippen LogP contribution in [0.2, 0.25) is 0 Å². The topological polar surface area (TPSA) is 15.3 Å². The van der Waals surface area contributed by atoms with E-state index in [1.807, 2.05) is 6.07 Å². The van der Waals surface area contributed by atoms with Gasteiger partial charge in [-0.25, -0.2) is 4.39 Å². The van der Waals surface area contributed by atoms with Gasteiger partial charge in [0.1, 0.15) is 5.82 Å². The van der Waals surface area contributed by atoms with E-state index in [4.69, 9.17) is 0 Å². The third-order valence-electron chi connectivity index (χ3n) is 3.61. The summed E-state index contributed by atoms with van der Waals surface area (Å²) < 4.78 is 13.2. The predicted molar refractivity (Wildman–Crippen MR) is 73.1 cm³/mol. The molecule has 1 aromatic carbocycles. The summed E-state index contributed by atoms with van der Waals surface area (Å²) in [6, 6.07) is 7.47. The maximum absolute atomic E-state index is 13.2. The summed E-state index contributed by atoms with van der Waals surface area (Å²) >= 11 is 0. The average molecular weight is 250 g/mol. The van der Waals surface area contributed by atoms with E-state index in [2.05, 4.69) is 24.1 Å². The second kappa shape index (κ2) is 6.30. The number of nitrogens with zero attached hydrogens (tertiary/aromatic N) is 1. The van der Waals surface area contributed by atoms with Gasteiger partial charge < -0.3 is 10.2 Å². The Kier molecular flexibility index (Phi) is 4.72. The van der Waals surface area contributed by atoms with Crippen LogP contribution in [0.4, 0.5) is 4.39 Å². The Labute approximate surface area is 109 Å². The number of rotatable bonds is 5. The summed E-state index contributed by atoms with van der Waals surface area (Å²) in [6.45, 7) is 7.82. The fourth-order valence-electron chi connectivity index (χ4n) is 2.70. The molecule has 1 aliphatic rings. The molecule has 0 bridgehead atoms. The minimum Gasteiger partial charge on any atom is -0.306 e. The molecule has 18 heavy (non-hydrogen) atoms. The van der Waals surface area contributed by atoms with E-state index in [9.17, 15) is 4.39 Å². The van der Waals surface area contributed by atoms with E-state index in [1.54, 1.807) is 12.1 Å². The highest BCUT2D eigenvalue weighted by Crippen LogP contribution is 2.15. The van der Waals surface area contributed by atoms with Gasteiger partial charge in [-0.1, -0.05) is 12.1 Å². The van der Waals surface area contributed by atoms with Crippen LogP contribution >= 0.6 is 0 Å². The van der Waals surface area contributed by atoms with E-state index >= 15 is 0 Å². The molecule has 2 rings (SSSR count). The molecular weight excluding hydrogens is 227 g/mol. The van der Waals surface area contributed by atoms with Crippen molar-refractivity contribution in [3.8, 4) is 0 Å². The zero-order chi connectivity index (χ0) is 13.0. The monoisotopic (exact) mass is 250 g/mol. The Morgan fingerprint density at radius 1 is 1.28 bits per heavy atom. The molecule has 1 fully saturated rings. The molecule has 0 radical (unpaired) electrons. The van der Waals surface area contributed by atoms with E-state index in [-0.39, 0.29) is 11.9 Å². The Morgan fingerprint density at radius 2 is 2.00 bits per heavy atom. The smallest absolute Gasteiger partial charge is 0.123 e. The number of hydrogen-bond donors (Lipinski definition) is 1. The van der Waals surface area contributed by atoms with Gasteiger partial charge >= 0.3 is 0 Å². The van der Waals surface area contributed by atoms with Crippen LogP contribution in [0.25, 0.3) is 0 Å². The highest BCUT2D eigenvalue weighted by Gasteiger charge is 2.16. The lowest BCUT2D eigenvalue weighted by molar-refractivity contribution is 0.289. The predicted octanol–water partition coefficient (Wildman–Crippen LogP) is 2.96. The lowest BCUT2D eigenvalue weighted by Gasteiger charge is -2.25. The van der Waals surface area contributed by atoms with Crippen molar-refractivity contribution in [3.05, 3.63) is 35.6 Å². The minimum absolute atomic E-state index is 0.159. The first-order valence-electron chi connectivity index (χ1n) is 6.89. The summed E-state index contributed by atoms with van der Waals surface area (Å²) in [5.41, 5.74) is 1.02. The molecule has 2 atom stereocenters. The first kappa shape index (κ1) is 13.5. The van der Waals surface area contributed by atoms with Crippen LogP contribution in [0.3, 0.4) is 0 Å². The molecule has 0 amide bonds. The number of halogens is 1. The van der Waals surface area contributed by atoms with E-state index in [1.165, 1.54) is 32.0 Å². The van der Waals surface area contributed by atoms with Crippen molar-refractivity contribution in [1.82, 2.24) is 10.2 Å². The van der Waals surface area contributed by atoms with Crippen LogP contribution < -0.4 is 5.32 Å². The first-order chi connectivity index (χ1) is 8.65. The van der Waals surface area contributed by atoms with Crippen molar-refractivity contribution in [2.24, 2.45) is 0 Å². The second-order valence-corrected chi connectivity index (χ2v) is 5.35. The molecular formula is C15H23FN2. The SMILES string of the molecule is CC(CN1CCCC1)NC(C)c1cccc(F)c1. The zero-order valence-corrected chi connectivity index (χ0v) is 11.3. The highest BCUT2D eigenvalue weighted by molar-refractivity contribution is 5.19. The first-order valence-corrected chi connectivity index (χ1v) is 6.89. The van der Waals surface area contributed by atoms with Gasteiger partial charge in [-0.2, -0.15) is 0 Å². The van der Waals surface area contributed by atoms with Crippen molar-refractivity contribution in [2.75, 3.05) is 19.6 Å². The van der Waals surface area contributed by atoms with Crippen LogP contribution in [0, 0.1) is 5.82 Å². The summed E-state index contributed by atoms with van der Waals surface area (Å²) in [5.74, 6) is -0.159. The lowest BCUT2D eigenvalue weighted by Crippen LogP contribution is -2.39. The third kappa shape index (κ3) is 3.79. The molecule has 1 aromatic rings. The standard InChI is InChI=1S/C15H23FN2/c1-12(11-18-8-3-4-9-18)17-13(2)14-6-5-7-15(16)10-14/h5-7,10,12-13,17H,3-4,8-9,11H2,1-2H3. The molecule has 0 spiro atoms. The molecule has 0 aliphatic carbocycles. The quantitative estimate of drug-likeness (QED) is 0.864. The van der Waals surface area contributed by atoms with Crippen molar-refractivity contribution >= 4 is 0 Å². The molecule has 1 aliphatic heterocycles. The van der Waals surface area contributed by atoms with Crippen LogP contribution in [-0.2, 0) is 0 Å². The van der Waals surface area contributed by atoms with Crippen LogP contribution in [0.1, 0.15) is 38.3 Å². The average Bonchev–Trinajstić information content (AvgIpc) is 2.81. The number of likely N-dealkylation sites (tertiary alicyclic amines) is 1. The molecule has 1 N–H and O–H groups in total. The van der Waals surface area contributed by atoms with Gasteiger partial charge in [0, 0.05) is 18.6 Å². The van der Waals surface area contributed by atoms with Crippen LogP contribution in [-0.4, -0.2) is 30.6 Å². The summed E-state index contributed by atoms with van der Waals surface area (Å²) in [6.07, 6.45) is 2.65. The zero-order valence-electron chi connectivity index (χ0n) is 11.3. The Morgan fingerprint density at radius 3 is 2.67 bits per heavy atom. The minimum atomic E-state index is -0.159. The normalized spacial score (nSPS) is 19.9. The molecule has 1 heterocycles. The van der Waals surface area contributed by atoms with Crippen molar-refractivity contribution < 1.29 is 4.39 Å². The fraction of sp³-hybridized carbons (Fsp3) is 0.600. The Hall–Kier alpha value is -0.930. The van der Waals surface area contributed by atoms with Gasteiger partial charge in [0.15, 0.2) is 0 Å². The highest BCUT2D eigenvalue weighted by atomic mass is 19.1. The van der Waals surface area contributed by atoms with Gasteiger partial charge in [-0.15, -0.1) is 0 Å². The molecule has 0 aromatic heterocycles. The Balaban J connectivity index is 1.84. The molecule has 3 heteroatoms. The summed E-state index contributed by atoms with van der Waals surface area (Å²) in [4.78, 5) is 2.50. The van der Waals surface area contributed by atoms with Gasteiger partial charge in [-0.3, -0.25) is 0 Å². The van der Waals surface area contributed by atoms with Gasteiger partial charge in [-0.05, 0) is 57.5 Å². The maximum atomic E-state index is 13.2.